The highest BCUT2D eigenvalue weighted by molar-refractivity contribution is 7.86. The lowest BCUT2D eigenvalue weighted by atomic mass is 9.93. The normalized spacial score (nSPS) is 26.0. The Kier molecular flexibility index (Phi) is 5.02. The SMILES string of the molecule is Cc1cccc(C)c1CN1C[C@@H]2CC[C@H]1CN(S(=O)(=O)N(C)C)C2. The zero-order valence-electron chi connectivity index (χ0n) is 15.2. The van der Waals surface area contributed by atoms with E-state index in [9.17, 15) is 8.42 Å². The largest absolute Gasteiger partial charge is 0.294 e. The number of aryl methyl sites for hydroxylation is 2. The fraction of sp³-hybridized carbons (Fsp3) is 0.667. The van der Waals surface area contributed by atoms with Gasteiger partial charge in [-0.3, -0.25) is 4.90 Å². The molecule has 3 saturated heterocycles. The van der Waals surface area contributed by atoms with Gasteiger partial charge in [-0.25, -0.2) is 0 Å². The summed E-state index contributed by atoms with van der Waals surface area (Å²) in [6, 6.07) is 6.76. The van der Waals surface area contributed by atoms with Gasteiger partial charge in [-0.1, -0.05) is 18.2 Å². The first kappa shape index (κ1) is 17.9. The lowest BCUT2D eigenvalue weighted by Crippen LogP contribution is -2.46. The fourth-order valence-corrected chi connectivity index (χ4v) is 5.27. The van der Waals surface area contributed by atoms with Crippen molar-refractivity contribution in [3.05, 3.63) is 34.9 Å². The molecule has 3 aliphatic rings. The monoisotopic (exact) mass is 351 g/mol. The van der Waals surface area contributed by atoms with Crippen LogP contribution in [0.15, 0.2) is 18.2 Å². The second-order valence-corrected chi connectivity index (χ2v) is 9.65. The van der Waals surface area contributed by atoms with Gasteiger partial charge in [0.05, 0.1) is 0 Å². The average molecular weight is 352 g/mol. The van der Waals surface area contributed by atoms with Crippen LogP contribution in [-0.4, -0.2) is 61.7 Å². The molecule has 0 spiro atoms. The maximum Gasteiger partial charge on any atom is 0.281 e. The lowest BCUT2D eigenvalue weighted by molar-refractivity contribution is 0.125. The van der Waals surface area contributed by atoms with Crippen LogP contribution in [0.25, 0.3) is 0 Å². The van der Waals surface area contributed by atoms with E-state index < -0.39 is 10.2 Å². The van der Waals surface area contributed by atoms with Crippen molar-refractivity contribution in [1.82, 2.24) is 13.5 Å². The van der Waals surface area contributed by atoms with E-state index in [0.717, 1.165) is 25.9 Å². The zero-order valence-corrected chi connectivity index (χ0v) is 16.0. The van der Waals surface area contributed by atoms with Gasteiger partial charge in [0.15, 0.2) is 0 Å². The molecule has 0 unspecified atom stereocenters. The first-order valence-corrected chi connectivity index (χ1v) is 10.2. The van der Waals surface area contributed by atoms with Gasteiger partial charge in [0, 0.05) is 46.3 Å². The van der Waals surface area contributed by atoms with Crippen LogP contribution < -0.4 is 0 Å². The number of fused-ring (bicyclic) bond motifs is 4. The zero-order chi connectivity index (χ0) is 17.5. The smallest absolute Gasteiger partial charge is 0.281 e. The molecule has 0 aromatic heterocycles. The van der Waals surface area contributed by atoms with E-state index in [1.54, 1.807) is 18.4 Å². The maximum atomic E-state index is 12.6. The van der Waals surface area contributed by atoms with Crippen LogP contribution in [0.4, 0.5) is 0 Å². The number of nitrogens with zero attached hydrogens (tertiary/aromatic N) is 3. The molecule has 24 heavy (non-hydrogen) atoms. The average Bonchev–Trinajstić information content (AvgIpc) is 2.83. The summed E-state index contributed by atoms with van der Waals surface area (Å²) in [5.74, 6) is 0.433. The molecule has 0 saturated carbocycles. The predicted octanol–water partition coefficient (Wildman–Crippen LogP) is 2.01. The molecule has 3 heterocycles. The molecule has 1 aromatic rings. The Morgan fingerprint density at radius 3 is 2.38 bits per heavy atom. The van der Waals surface area contributed by atoms with E-state index >= 15 is 0 Å². The molecule has 0 amide bonds. The van der Waals surface area contributed by atoms with Gasteiger partial charge in [-0.05, 0) is 49.3 Å². The minimum atomic E-state index is -3.32. The quantitative estimate of drug-likeness (QED) is 0.833. The highest BCUT2D eigenvalue weighted by Gasteiger charge is 2.39. The van der Waals surface area contributed by atoms with Crippen LogP contribution in [0.3, 0.4) is 0 Å². The van der Waals surface area contributed by atoms with Crippen LogP contribution in [-0.2, 0) is 16.8 Å². The van der Waals surface area contributed by atoms with Crippen LogP contribution in [0, 0.1) is 19.8 Å². The standard InChI is InChI=1S/C18H29N3O2S/c1-14-6-5-7-15(2)18(14)13-20-10-16-8-9-17(20)12-21(11-16)24(22,23)19(3)4/h5-7,16-17H,8-13H2,1-4H3/t16-,17-/m0/s1. The predicted molar refractivity (Wildman–Crippen MR) is 97.0 cm³/mol. The second kappa shape index (κ2) is 6.75. The number of piperidine rings is 1. The lowest BCUT2D eigenvalue weighted by Gasteiger charge is -2.36. The topological polar surface area (TPSA) is 43.9 Å². The van der Waals surface area contributed by atoms with Crippen molar-refractivity contribution in [2.75, 3.05) is 33.7 Å². The molecular weight excluding hydrogens is 322 g/mol. The number of rotatable bonds is 4. The molecule has 1 aromatic carbocycles. The van der Waals surface area contributed by atoms with E-state index in [4.69, 9.17) is 0 Å². The number of hydrogen-bond acceptors (Lipinski definition) is 3. The minimum absolute atomic E-state index is 0.317. The summed E-state index contributed by atoms with van der Waals surface area (Å²) in [5, 5.41) is 0. The van der Waals surface area contributed by atoms with Crippen molar-refractivity contribution < 1.29 is 8.42 Å². The summed E-state index contributed by atoms with van der Waals surface area (Å²) in [7, 11) is -0.0785. The van der Waals surface area contributed by atoms with Crippen LogP contribution >= 0.6 is 0 Å². The Bertz CT molecular complexity index is 682. The third-order valence-electron chi connectivity index (χ3n) is 5.59. The Balaban J connectivity index is 1.82. The van der Waals surface area contributed by atoms with E-state index in [2.05, 4.69) is 36.9 Å². The van der Waals surface area contributed by atoms with E-state index in [1.165, 1.54) is 21.0 Å². The van der Waals surface area contributed by atoms with E-state index in [-0.39, 0.29) is 0 Å². The van der Waals surface area contributed by atoms with Crippen molar-refractivity contribution in [3.8, 4) is 0 Å². The van der Waals surface area contributed by atoms with Crippen LogP contribution in [0.2, 0.25) is 0 Å². The van der Waals surface area contributed by atoms with Gasteiger partial charge < -0.3 is 0 Å². The van der Waals surface area contributed by atoms with Gasteiger partial charge in [-0.2, -0.15) is 17.0 Å². The molecular formula is C18H29N3O2S. The Labute approximate surface area is 146 Å². The first-order chi connectivity index (χ1) is 11.3. The molecule has 2 atom stereocenters. The van der Waals surface area contributed by atoms with Crippen molar-refractivity contribution in [2.45, 2.75) is 39.3 Å². The third kappa shape index (κ3) is 3.38. The summed E-state index contributed by atoms with van der Waals surface area (Å²) in [6.45, 7) is 7.53. The summed E-state index contributed by atoms with van der Waals surface area (Å²) < 4.78 is 28.2. The summed E-state index contributed by atoms with van der Waals surface area (Å²) in [5.41, 5.74) is 4.05. The van der Waals surface area contributed by atoms with Gasteiger partial charge in [0.2, 0.25) is 0 Å². The first-order valence-electron chi connectivity index (χ1n) is 8.75. The van der Waals surface area contributed by atoms with Crippen molar-refractivity contribution in [2.24, 2.45) is 5.92 Å². The van der Waals surface area contributed by atoms with Crippen molar-refractivity contribution in [1.29, 1.82) is 0 Å². The molecule has 5 nitrogen and oxygen atoms in total. The van der Waals surface area contributed by atoms with Gasteiger partial charge >= 0.3 is 0 Å². The summed E-state index contributed by atoms with van der Waals surface area (Å²) >= 11 is 0. The van der Waals surface area contributed by atoms with Gasteiger partial charge in [0.25, 0.3) is 10.2 Å². The molecule has 0 radical (unpaired) electrons. The van der Waals surface area contributed by atoms with E-state index in [1.807, 2.05) is 0 Å². The van der Waals surface area contributed by atoms with Gasteiger partial charge in [-0.15, -0.1) is 0 Å². The van der Waals surface area contributed by atoms with Crippen molar-refractivity contribution >= 4 is 10.2 Å². The highest BCUT2D eigenvalue weighted by Crippen LogP contribution is 2.31. The Hall–Kier alpha value is -0.950. The van der Waals surface area contributed by atoms with Gasteiger partial charge in [0.1, 0.15) is 0 Å². The molecule has 3 aliphatic heterocycles. The Morgan fingerprint density at radius 2 is 1.75 bits per heavy atom. The molecule has 6 heteroatoms. The molecule has 3 fully saturated rings. The summed E-state index contributed by atoms with van der Waals surface area (Å²) in [4.78, 5) is 2.51. The number of benzene rings is 1. The molecule has 0 aliphatic carbocycles. The van der Waals surface area contributed by atoms with Crippen LogP contribution in [0.1, 0.15) is 29.5 Å². The third-order valence-corrected chi connectivity index (χ3v) is 7.46. The maximum absolute atomic E-state index is 12.6. The van der Waals surface area contributed by atoms with Crippen LogP contribution in [0.5, 0.6) is 0 Å². The second-order valence-electron chi connectivity index (χ2n) is 7.50. The summed E-state index contributed by atoms with van der Waals surface area (Å²) in [6.07, 6.45) is 2.22. The molecule has 134 valence electrons. The van der Waals surface area contributed by atoms with Crippen molar-refractivity contribution in [3.63, 3.8) is 0 Å². The number of hydrogen-bond donors (Lipinski definition) is 0. The molecule has 0 N–H and O–H groups in total. The fourth-order valence-electron chi connectivity index (χ4n) is 4.05. The van der Waals surface area contributed by atoms with E-state index in [0.29, 0.717) is 25.0 Å². The Morgan fingerprint density at radius 1 is 1.08 bits per heavy atom. The molecule has 4 rings (SSSR count). The highest BCUT2D eigenvalue weighted by atomic mass is 32.2. The minimum Gasteiger partial charge on any atom is -0.294 e. The molecule has 2 bridgehead atoms.